The maximum atomic E-state index is 13.3. The summed E-state index contributed by atoms with van der Waals surface area (Å²) in [4.78, 5) is 10.8. The van der Waals surface area contributed by atoms with E-state index in [1.165, 1.54) is 22.5 Å². The fraction of sp³-hybridized carbons (Fsp3) is 0.433. The van der Waals surface area contributed by atoms with Gasteiger partial charge in [0.25, 0.3) is 10.0 Å². The van der Waals surface area contributed by atoms with Gasteiger partial charge in [0.15, 0.2) is 0 Å². The predicted molar refractivity (Wildman–Crippen MR) is 161 cm³/mol. The van der Waals surface area contributed by atoms with Crippen molar-refractivity contribution in [2.75, 3.05) is 20.1 Å². The lowest BCUT2D eigenvalue weighted by Gasteiger charge is -2.31. The average Bonchev–Trinajstić information content (AvgIpc) is 3.49. The number of thiophene rings is 1. The Labute approximate surface area is 245 Å². The Balaban J connectivity index is 1.32. The summed E-state index contributed by atoms with van der Waals surface area (Å²) in [6.45, 7) is 4.47. The number of benzene rings is 2. The van der Waals surface area contributed by atoms with Crippen molar-refractivity contribution in [1.29, 1.82) is 0 Å². The summed E-state index contributed by atoms with van der Waals surface area (Å²) in [6, 6.07) is 17.4. The molecular weight excluding hydrogens is 568 g/mol. The van der Waals surface area contributed by atoms with Gasteiger partial charge in [0.2, 0.25) is 0 Å². The number of fused-ring (bicyclic) bond motifs is 1. The number of halogens is 1. The third-order valence-corrected chi connectivity index (χ3v) is 11.1. The average molecular weight is 605 g/mol. The molecule has 216 valence electrons. The summed E-state index contributed by atoms with van der Waals surface area (Å²) in [6.07, 6.45) is 2.66. The normalized spacial score (nSPS) is 14.9. The minimum Gasteiger partial charge on any atom is -0.481 e. The van der Waals surface area contributed by atoms with Crippen molar-refractivity contribution in [1.82, 2.24) is 9.62 Å². The number of rotatable bonds is 13. The number of β-amino-alcohol motifs (C(OH)–C–C–N with tert-alkyl or cyclic N) is 1. The quantitative estimate of drug-likeness (QED) is 0.246. The van der Waals surface area contributed by atoms with E-state index in [0.717, 1.165) is 41.7 Å². The topological polar surface area (TPSA) is 107 Å². The predicted octanol–water partition coefficient (Wildman–Crippen LogP) is 5.24. The standard InChI is InChI=1S/C30H37ClN2O5S2/c1-30(2,17-21-14-23-6-4-5-7-24(23)15-21)32-18-25(34)19-33(3)40(37,38)28-16-26(29(31)39-28)22-11-8-20(9-12-22)10-13-27(35)36/h4-9,11-12,16,21,25,32,34H,10,13-15,17-19H2,1-3H3,(H,35,36). The first-order valence-corrected chi connectivity index (χ1v) is 16.0. The van der Waals surface area contributed by atoms with Gasteiger partial charge in [-0.15, -0.1) is 11.3 Å². The molecular formula is C30H37ClN2O5S2. The Bertz CT molecular complexity index is 1410. The number of aryl methyl sites for hydroxylation is 1. The number of hydrogen-bond donors (Lipinski definition) is 3. The van der Waals surface area contributed by atoms with Gasteiger partial charge in [-0.25, -0.2) is 8.42 Å². The molecule has 0 saturated carbocycles. The van der Waals surface area contributed by atoms with Gasteiger partial charge in [-0.05, 0) is 73.8 Å². The van der Waals surface area contributed by atoms with Crippen LogP contribution in [0.1, 0.15) is 43.4 Å². The van der Waals surface area contributed by atoms with Crippen LogP contribution in [0.4, 0.5) is 0 Å². The van der Waals surface area contributed by atoms with Gasteiger partial charge in [-0.1, -0.05) is 60.1 Å². The molecule has 1 aliphatic rings. The SMILES string of the molecule is CN(CC(O)CNC(C)(C)CC1Cc2ccccc2C1)S(=O)(=O)c1cc(-c2ccc(CCC(=O)O)cc2)c(Cl)s1. The van der Waals surface area contributed by atoms with Crippen LogP contribution in [0.25, 0.3) is 11.1 Å². The summed E-state index contributed by atoms with van der Waals surface area (Å²) in [5.41, 5.74) is 4.86. The summed E-state index contributed by atoms with van der Waals surface area (Å²) in [5.74, 6) is -0.317. The molecule has 7 nitrogen and oxygen atoms in total. The Kier molecular flexibility index (Phi) is 9.75. The van der Waals surface area contributed by atoms with Gasteiger partial charge in [0, 0.05) is 37.7 Å². The number of hydrogen-bond acceptors (Lipinski definition) is 6. The molecule has 10 heteroatoms. The number of carbonyl (C=O) groups is 1. The number of sulfonamides is 1. The Morgan fingerprint density at radius 2 is 1.77 bits per heavy atom. The van der Waals surface area contributed by atoms with E-state index in [9.17, 15) is 18.3 Å². The molecule has 1 aromatic heterocycles. The zero-order chi connectivity index (χ0) is 29.1. The molecule has 3 N–H and O–H groups in total. The zero-order valence-electron chi connectivity index (χ0n) is 23.1. The van der Waals surface area contributed by atoms with Crippen LogP contribution in [-0.4, -0.2) is 60.7 Å². The van der Waals surface area contributed by atoms with Crippen molar-refractivity contribution >= 4 is 38.9 Å². The first-order chi connectivity index (χ1) is 18.8. The van der Waals surface area contributed by atoms with Crippen LogP contribution in [0, 0.1) is 5.92 Å². The van der Waals surface area contributed by atoms with Crippen LogP contribution in [0.5, 0.6) is 0 Å². The number of nitrogens with one attached hydrogen (secondary N) is 1. The maximum absolute atomic E-state index is 13.3. The van der Waals surface area contributed by atoms with E-state index < -0.39 is 22.1 Å². The van der Waals surface area contributed by atoms with Crippen molar-refractivity contribution in [3.05, 3.63) is 75.6 Å². The highest BCUT2D eigenvalue weighted by atomic mass is 35.5. The molecule has 0 aliphatic heterocycles. The fourth-order valence-electron chi connectivity index (χ4n) is 5.37. The second-order valence-electron chi connectivity index (χ2n) is 11.3. The van der Waals surface area contributed by atoms with Gasteiger partial charge < -0.3 is 15.5 Å². The lowest BCUT2D eigenvalue weighted by atomic mass is 9.88. The number of likely N-dealkylation sites (N-methyl/N-ethyl adjacent to an activating group) is 1. The number of aliphatic carboxylic acids is 1. The molecule has 1 heterocycles. The first-order valence-electron chi connectivity index (χ1n) is 13.4. The van der Waals surface area contributed by atoms with Gasteiger partial charge in [0.1, 0.15) is 8.55 Å². The monoisotopic (exact) mass is 604 g/mol. The number of carboxylic acid groups (broad SMARTS) is 1. The van der Waals surface area contributed by atoms with Crippen LogP contribution < -0.4 is 5.32 Å². The molecule has 2 aromatic carbocycles. The molecule has 0 radical (unpaired) electrons. The van der Waals surface area contributed by atoms with Crippen molar-refractivity contribution in [2.24, 2.45) is 5.92 Å². The first kappa shape index (κ1) is 30.7. The molecule has 0 fully saturated rings. The molecule has 0 amide bonds. The summed E-state index contributed by atoms with van der Waals surface area (Å²) < 4.78 is 28.2. The molecule has 0 spiro atoms. The van der Waals surface area contributed by atoms with E-state index in [4.69, 9.17) is 16.7 Å². The smallest absolute Gasteiger partial charge is 0.303 e. The van der Waals surface area contributed by atoms with Crippen LogP contribution in [0.2, 0.25) is 4.34 Å². The van der Waals surface area contributed by atoms with Crippen LogP contribution >= 0.6 is 22.9 Å². The zero-order valence-corrected chi connectivity index (χ0v) is 25.5. The van der Waals surface area contributed by atoms with E-state index >= 15 is 0 Å². The molecule has 0 saturated heterocycles. The van der Waals surface area contributed by atoms with Crippen molar-refractivity contribution in [2.45, 2.75) is 61.8 Å². The van der Waals surface area contributed by atoms with E-state index in [1.807, 2.05) is 24.3 Å². The van der Waals surface area contributed by atoms with Crippen LogP contribution in [-0.2, 0) is 34.1 Å². The van der Waals surface area contributed by atoms with Crippen molar-refractivity contribution in [3.63, 3.8) is 0 Å². The summed E-state index contributed by atoms with van der Waals surface area (Å²) in [5, 5.41) is 23.0. The maximum Gasteiger partial charge on any atom is 0.303 e. The minimum absolute atomic E-state index is 0.0431. The number of nitrogens with zero attached hydrogens (tertiary/aromatic N) is 1. The van der Waals surface area contributed by atoms with Gasteiger partial charge in [-0.3, -0.25) is 4.79 Å². The molecule has 4 rings (SSSR count). The Morgan fingerprint density at radius 1 is 1.15 bits per heavy atom. The van der Waals surface area contributed by atoms with Crippen LogP contribution in [0.3, 0.4) is 0 Å². The lowest BCUT2D eigenvalue weighted by molar-refractivity contribution is -0.136. The highest BCUT2D eigenvalue weighted by Crippen LogP contribution is 2.39. The van der Waals surface area contributed by atoms with E-state index in [0.29, 0.717) is 22.2 Å². The second-order valence-corrected chi connectivity index (χ2v) is 15.2. The number of aliphatic hydroxyl groups is 1. The Morgan fingerprint density at radius 3 is 2.38 bits per heavy atom. The number of aliphatic hydroxyl groups excluding tert-OH is 1. The third-order valence-electron chi connectivity index (χ3n) is 7.44. The molecule has 0 bridgehead atoms. The van der Waals surface area contributed by atoms with E-state index in [1.54, 1.807) is 6.07 Å². The summed E-state index contributed by atoms with van der Waals surface area (Å²) >= 11 is 7.42. The number of carboxylic acids is 1. The Hall–Kier alpha value is -2.27. The third kappa shape index (κ3) is 7.72. The second kappa shape index (κ2) is 12.7. The highest BCUT2D eigenvalue weighted by molar-refractivity contribution is 7.91. The molecule has 40 heavy (non-hydrogen) atoms. The van der Waals surface area contributed by atoms with Crippen molar-refractivity contribution < 1.29 is 23.4 Å². The largest absolute Gasteiger partial charge is 0.481 e. The van der Waals surface area contributed by atoms with Gasteiger partial charge in [0.05, 0.1) is 6.10 Å². The molecule has 1 aliphatic carbocycles. The van der Waals surface area contributed by atoms with Crippen LogP contribution in [0.15, 0.2) is 58.8 Å². The fourth-order valence-corrected chi connectivity index (χ4v) is 8.55. The molecule has 1 unspecified atom stereocenters. The van der Waals surface area contributed by atoms with Gasteiger partial charge >= 0.3 is 5.97 Å². The lowest BCUT2D eigenvalue weighted by Crippen LogP contribution is -2.47. The van der Waals surface area contributed by atoms with Crippen molar-refractivity contribution in [3.8, 4) is 11.1 Å². The van der Waals surface area contributed by atoms with E-state index in [2.05, 4.69) is 43.4 Å². The minimum atomic E-state index is -3.86. The molecule has 3 aromatic rings. The highest BCUT2D eigenvalue weighted by Gasteiger charge is 2.30. The molecule has 1 atom stereocenters. The van der Waals surface area contributed by atoms with Gasteiger partial charge in [-0.2, -0.15) is 4.31 Å². The van der Waals surface area contributed by atoms with E-state index in [-0.39, 0.29) is 29.3 Å². The summed E-state index contributed by atoms with van der Waals surface area (Å²) in [7, 11) is -2.40.